The van der Waals surface area contributed by atoms with Crippen molar-refractivity contribution in [2.45, 2.75) is 17.5 Å². The van der Waals surface area contributed by atoms with E-state index in [2.05, 4.69) is 10.3 Å². The molecule has 2 heterocycles. The molecule has 0 radical (unpaired) electrons. The summed E-state index contributed by atoms with van der Waals surface area (Å²) in [4.78, 5) is 18.6. The fourth-order valence-corrected chi connectivity index (χ4v) is 7.31. The standard InChI is InChI=1S/C20H17F4N3O3S2/c21-12-5-7-13(8-6-12)27(19-26-16-10-32(29,30)11-17(16)31-19)9-18(28)25-15-4-2-1-3-14(15)20(22,23)24/h1-8,16-17H,9-11H2,(H,25,28)/t16-,17-/m0/s1. The minimum Gasteiger partial charge on any atom is -0.324 e. The zero-order chi connectivity index (χ0) is 23.1. The van der Waals surface area contributed by atoms with Crippen molar-refractivity contribution in [3.8, 4) is 0 Å². The number of para-hydroxylation sites is 1. The molecule has 2 aromatic carbocycles. The zero-order valence-corrected chi connectivity index (χ0v) is 18.0. The van der Waals surface area contributed by atoms with Crippen LogP contribution in [-0.4, -0.2) is 48.8 Å². The second-order valence-electron chi connectivity index (χ2n) is 7.37. The Kier molecular flexibility index (Phi) is 5.93. The average Bonchev–Trinajstić information content (AvgIpc) is 3.20. The van der Waals surface area contributed by atoms with Gasteiger partial charge in [-0.05, 0) is 36.4 Å². The predicted octanol–water partition coefficient (Wildman–Crippen LogP) is 3.56. The van der Waals surface area contributed by atoms with Gasteiger partial charge >= 0.3 is 6.18 Å². The highest BCUT2D eigenvalue weighted by atomic mass is 32.2. The van der Waals surface area contributed by atoms with Crippen LogP contribution in [-0.2, 0) is 20.8 Å². The summed E-state index contributed by atoms with van der Waals surface area (Å²) >= 11 is 1.19. The molecule has 32 heavy (non-hydrogen) atoms. The molecular weight excluding hydrogens is 470 g/mol. The van der Waals surface area contributed by atoms with Gasteiger partial charge in [-0.15, -0.1) is 0 Å². The molecule has 0 unspecified atom stereocenters. The number of hydrogen-bond acceptors (Lipinski definition) is 6. The lowest BCUT2D eigenvalue weighted by Crippen LogP contribution is -2.37. The maximum Gasteiger partial charge on any atom is 0.418 e. The Morgan fingerprint density at radius 1 is 1.12 bits per heavy atom. The Morgan fingerprint density at radius 2 is 1.81 bits per heavy atom. The third-order valence-corrected chi connectivity index (χ3v) is 8.23. The molecule has 0 aromatic heterocycles. The predicted molar refractivity (Wildman–Crippen MR) is 115 cm³/mol. The van der Waals surface area contributed by atoms with Gasteiger partial charge in [0.25, 0.3) is 0 Å². The number of halogens is 4. The molecule has 2 aliphatic heterocycles. The number of carbonyl (C=O) groups is 1. The number of aliphatic imine (C=N–C) groups is 1. The van der Waals surface area contributed by atoms with Gasteiger partial charge in [-0.1, -0.05) is 23.9 Å². The van der Waals surface area contributed by atoms with E-state index in [4.69, 9.17) is 0 Å². The normalized spacial score (nSPS) is 21.7. The molecule has 0 spiro atoms. The summed E-state index contributed by atoms with van der Waals surface area (Å²) < 4.78 is 76.8. The summed E-state index contributed by atoms with van der Waals surface area (Å²) in [6.45, 7) is -0.393. The number of nitrogens with one attached hydrogen (secondary N) is 1. The summed E-state index contributed by atoms with van der Waals surface area (Å²) in [5.41, 5.74) is -0.957. The third-order valence-electron chi connectivity index (χ3n) is 4.98. The van der Waals surface area contributed by atoms with Gasteiger partial charge in [0, 0.05) is 10.9 Å². The summed E-state index contributed by atoms with van der Waals surface area (Å²) in [6, 6.07) is 9.36. The number of rotatable bonds is 4. The quantitative estimate of drug-likeness (QED) is 0.668. The van der Waals surface area contributed by atoms with Crippen molar-refractivity contribution < 1.29 is 30.8 Å². The van der Waals surface area contributed by atoms with E-state index in [1.807, 2.05) is 0 Å². The van der Waals surface area contributed by atoms with Gasteiger partial charge < -0.3 is 10.2 Å². The van der Waals surface area contributed by atoms with Crippen LogP contribution in [0.1, 0.15) is 5.56 Å². The molecule has 170 valence electrons. The van der Waals surface area contributed by atoms with E-state index in [9.17, 15) is 30.8 Å². The van der Waals surface area contributed by atoms with Gasteiger partial charge in [0.2, 0.25) is 5.91 Å². The minimum atomic E-state index is -4.64. The molecule has 2 aromatic rings. The first-order valence-electron chi connectivity index (χ1n) is 9.46. The minimum absolute atomic E-state index is 0.0439. The van der Waals surface area contributed by atoms with Crippen LogP contribution in [0.5, 0.6) is 0 Å². The first kappa shape index (κ1) is 22.6. The molecule has 1 saturated heterocycles. The smallest absolute Gasteiger partial charge is 0.324 e. The lowest BCUT2D eigenvalue weighted by Gasteiger charge is -2.24. The number of thioether (sulfide) groups is 1. The lowest BCUT2D eigenvalue weighted by atomic mass is 10.1. The Balaban J connectivity index is 1.58. The van der Waals surface area contributed by atoms with E-state index in [0.29, 0.717) is 10.9 Å². The molecule has 2 aliphatic rings. The van der Waals surface area contributed by atoms with Gasteiger partial charge in [-0.3, -0.25) is 9.79 Å². The number of sulfone groups is 1. The van der Waals surface area contributed by atoms with Crippen molar-refractivity contribution in [1.29, 1.82) is 0 Å². The first-order chi connectivity index (χ1) is 15.0. The highest BCUT2D eigenvalue weighted by Gasteiger charge is 2.44. The molecular formula is C20H17F4N3O3S2. The van der Waals surface area contributed by atoms with Crippen LogP contribution >= 0.6 is 11.8 Å². The van der Waals surface area contributed by atoms with Crippen LogP contribution in [0.2, 0.25) is 0 Å². The number of amidine groups is 1. The molecule has 12 heteroatoms. The topological polar surface area (TPSA) is 78.8 Å². The van der Waals surface area contributed by atoms with Crippen molar-refractivity contribution in [3.63, 3.8) is 0 Å². The van der Waals surface area contributed by atoms with Crippen molar-refractivity contribution >= 4 is 44.0 Å². The summed E-state index contributed by atoms with van der Waals surface area (Å²) in [6.07, 6.45) is -4.64. The van der Waals surface area contributed by atoms with Crippen LogP contribution in [0, 0.1) is 5.82 Å². The number of nitrogens with zero attached hydrogens (tertiary/aromatic N) is 2. The molecule has 4 rings (SSSR count). The van der Waals surface area contributed by atoms with E-state index in [1.54, 1.807) is 0 Å². The number of benzene rings is 2. The molecule has 1 N–H and O–H groups in total. The largest absolute Gasteiger partial charge is 0.418 e. The lowest BCUT2D eigenvalue weighted by molar-refractivity contribution is -0.137. The fourth-order valence-electron chi connectivity index (χ4n) is 3.53. The number of alkyl halides is 3. The zero-order valence-electron chi connectivity index (χ0n) is 16.3. The van der Waals surface area contributed by atoms with Crippen LogP contribution in [0.25, 0.3) is 0 Å². The highest BCUT2D eigenvalue weighted by molar-refractivity contribution is 8.15. The number of hydrogen-bond donors (Lipinski definition) is 1. The van der Waals surface area contributed by atoms with E-state index in [0.717, 1.165) is 12.1 Å². The van der Waals surface area contributed by atoms with Gasteiger partial charge in [0.05, 0.1) is 28.8 Å². The van der Waals surface area contributed by atoms with E-state index < -0.39 is 45.9 Å². The molecule has 0 aliphatic carbocycles. The van der Waals surface area contributed by atoms with Gasteiger partial charge in [0.1, 0.15) is 12.4 Å². The van der Waals surface area contributed by atoms with Crippen LogP contribution in [0.4, 0.5) is 28.9 Å². The number of anilines is 2. The average molecular weight is 488 g/mol. The number of carbonyl (C=O) groups excluding carboxylic acids is 1. The molecule has 1 amide bonds. The second-order valence-corrected chi connectivity index (χ2v) is 10.7. The maximum absolute atomic E-state index is 13.4. The first-order valence-corrected chi connectivity index (χ1v) is 12.2. The molecule has 6 nitrogen and oxygen atoms in total. The fraction of sp³-hybridized carbons (Fsp3) is 0.300. The van der Waals surface area contributed by atoms with Crippen LogP contribution in [0.3, 0.4) is 0 Å². The van der Waals surface area contributed by atoms with Gasteiger partial charge in [-0.25, -0.2) is 12.8 Å². The molecule has 0 bridgehead atoms. The van der Waals surface area contributed by atoms with Crippen molar-refractivity contribution in [3.05, 3.63) is 59.9 Å². The number of fused-ring (bicyclic) bond motifs is 1. The Hall–Kier alpha value is -2.60. The van der Waals surface area contributed by atoms with Crippen LogP contribution < -0.4 is 10.2 Å². The van der Waals surface area contributed by atoms with Crippen LogP contribution in [0.15, 0.2) is 53.5 Å². The molecule has 0 saturated carbocycles. The molecule has 1 fully saturated rings. The van der Waals surface area contributed by atoms with Gasteiger partial charge in [-0.2, -0.15) is 13.2 Å². The highest BCUT2D eigenvalue weighted by Crippen LogP contribution is 2.37. The second kappa shape index (κ2) is 8.39. The van der Waals surface area contributed by atoms with E-state index in [-0.39, 0.29) is 22.4 Å². The number of amides is 1. The summed E-state index contributed by atoms with van der Waals surface area (Å²) in [5, 5.41) is 2.34. The van der Waals surface area contributed by atoms with Crippen molar-refractivity contribution in [2.24, 2.45) is 4.99 Å². The van der Waals surface area contributed by atoms with E-state index in [1.165, 1.54) is 53.1 Å². The van der Waals surface area contributed by atoms with Crippen molar-refractivity contribution in [2.75, 3.05) is 28.3 Å². The Labute approximate surface area is 185 Å². The van der Waals surface area contributed by atoms with E-state index >= 15 is 0 Å². The Morgan fingerprint density at radius 3 is 2.47 bits per heavy atom. The Bertz CT molecular complexity index is 1170. The maximum atomic E-state index is 13.4. The summed E-state index contributed by atoms with van der Waals surface area (Å²) in [5.74, 6) is -1.38. The monoisotopic (exact) mass is 487 g/mol. The SMILES string of the molecule is O=C(CN(C1=N[C@H]2CS(=O)(=O)C[C@@H]2S1)c1ccc(F)cc1)Nc1ccccc1C(F)(F)F. The van der Waals surface area contributed by atoms with Gasteiger partial charge in [0.15, 0.2) is 15.0 Å². The van der Waals surface area contributed by atoms with Crippen molar-refractivity contribution in [1.82, 2.24) is 0 Å². The molecule has 2 atom stereocenters. The third kappa shape index (κ3) is 4.90. The summed E-state index contributed by atoms with van der Waals surface area (Å²) in [7, 11) is -3.19.